The van der Waals surface area contributed by atoms with Crippen LogP contribution in [0.2, 0.25) is 0 Å². The Labute approximate surface area is 233 Å². The van der Waals surface area contributed by atoms with Crippen molar-refractivity contribution in [2.45, 2.75) is 18.9 Å². The minimum atomic E-state index is -3.84. The molecule has 0 unspecified atom stereocenters. The second-order valence-electron chi connectivity index (χ2n) is 9.04. The van der Waals surface area contributed by atoms with Gasteiger partial charge < -0.3 is 19.5 Å². The van der Waals surface area contributed by atoms with Crippen LogP contribution in [0.15, 0.2) is 115 Å². The summed E-state index contributed by atoms with van der Waals surface area (Å²) in [5.41, 5.74) is 2.98. The number of para-hydroxylation sites is 2. The fraction of sp³-hybridized carbons (Fsp3) is 0.161. The van der Waals surface area contributed by atoms with Crippen molar-refractivity contribution in [3.05, 3.63) is 121 Å². The Bertz CT molecular complexity index is 1370. The number of carbonyl (C=O) groups is 2. The monoisotopic (exact) mass is 558 g/mol. The minimum absolute atomic E-state index is 0.0298. The van der Waals surface area contributed by atoms with E-state index in [4.69, 9.17) is 14.2 Å². The molecule has 0 saturated heterocycles. The Morgan fingerprint density at radius 1 is 0.725 bits per heavy atom. The first kappa shape index (κ1) is 28.6. The molecule has 3 N–H and O–H groups in total. The number of carboxylic acid groups (broad SMARTS) is 1. The second kappa shape index (κ2) is 14.1. The van der Waals surface area contributed by atoms with Gasteiger partial charge in [-0.2, -0.15) is 0 Å². The highest BCUT2D eigenvalue weighted by atomic mass is 31.2. The molecular formula is C31H31N2O6P. The molecule has 0 spiro atoms. The summed E-state index contributed by atoms with van der Waals surface area (Å²) in [6, 6.07) is 34.3. The SMILES string of the molecule is O=C(O)CCNC(=O)[C@@H](Cc1ccc(-c2ccccc2)cc1)NCP(=O)(Oc1ccccc1)Oc1ccccc1. The van der Waals surface area contributed by atoms with Gasteiger partial charge in [-0.25, -0.2) is 4.57 Å². The average molecular weight is 559 g/mol. The number of amides is 1. The normalized spacial score (nSPS) is 11.8. The maximum Gasteiger partial charge on any atom is 0.444 e. The maximum atomic E-state index is 13.9. The molecule has 0 fully saturated rings. The van der Waals surface area contributed by atoms with Gasteiger partial charge in [-0.1, -0.05) is 91.0 Å². The first-order valence-electron chi connectivity index (χ1n) is 12.9. The molecule has 1 amide bonds. The maximum absolute atomic E-state index is 13.9. The summed E-state index contributed by atoms with van der Waals surface area (Å²) in [6.45, 7) is -0.0298. The molecule has 0 saturated carbocycles. The summed E-state index contributed by atoms with van der Waals surface area (Å²) >= 11 is 0. The number of rotatable bonds is 14. The van der Waals surface area contributed by atoms with E-state index in [1.54, 1.807) is 48.5 Å². The van der Waals surface area contributed by atoms with Gasteiger partial charge >= 0.3 is 13.6 Å². The smallest absolute Gasteiger partial charge is 0.444 e. The molecule has 8 nitrogen and oxygen atoms in total. The molecule has 0 bridgehead atoms. The van der Waals surface area contributed by atoms with Crippen LogP contribution in [0.5, 0.6) is 11.5 Å². The van der Waals surface area contributed by atoms with Gasteiger partial charge in [0, 0.05) is 6.54 Å². The summed E-state index contributed by atoms with van der Waals surface area (Å²) in [6.07, 6.45) is -0.211. The second-order valence-corrected chi connectivity index (χ2v) is 10.9. The molecule has 4 aromatic carbocycles. The van der Waals surface area contributed by atoms with Crippen molar-refractivity contribution in [2.24, 2.45) is 0 Å². The summed E-state index contributed by atoms with van der Waals surface area (Å²) in [5.74, 6) is -0.706. The van der Waals surface area contributed by atoms with E-state index in [-0.39, 0.29) is 25.7 Å². The molecule has 1 atom stereocenters. The molecule has 0 radical (unpaired) electrons. The van der Waals surface area contributed by atoms with E-state index in [1.165, 1.54) is 0 Å². The van der Waals surface area contributed by atoms with Crippen LogP contribution in [0.25, 0.3) is 11.1 Å². The van der Waals surface area contributed by atoms with E-state index in [2.05, 4.69) is 10.6 Å². The fourth-order valence-electron chi connectivity index (χ4n) is 3.96. The molecule has 0 aliphatic heterocycles. The lowest BCUT2D eigenvalue weighted by Gasteiger charge is -2.24. The first-order chi connectivity index (χ1) is 19.4. The molecule has 0 aliphatic carbocycles. The highest BCUT2D eigenvalue weighted by molar-refractivity contribution is 7.54. The topological polar surface area (TPSA) is 114 Å². The average Bonchev–Trinajstić information content (AvgIpc) is 2.97. The van der Waals surface area contributed by atoms with Crippen molar-refractivity contribution in [1.82, 2.24) is 10.6 Å². The van der Waals surface area contributed by atoms with Crippen LogP contribution >= 0.6 is 7.60 Å². The predicted octanol–water partition coefficient (Wildman–Crippen LogP) is 5.75. The van der Waals surface area contributed by atoms with Crippen molar-refractivity contribution >= 4 is 19.5 Å². The number of nitrogens with one attached hydrogen (secondary N) is 2. The first-order valence-corrected chi connectivity index (χ1v) is 14.6. The fourth-order valence-corrected chi connectivity index (χ4v) is 5.46. The molecule has 0 aliphatic rings. The molecule has 9 heteroatoms. The van der Waals surface area contributed by atoms with Crippen molar-refractivity contribution < 1.29 is 28.3 Å². The molecule has 0 heterocycles. The summed E-state index contributed by atoms with van der Waals surface area (Å²) in [5, 5.41) is 14.7. The molecule has 206 valence electrons. The van der Waals surface area contributed by atoms with E-state index in [9.17, 15) is 14.2 Å². The van der Waals surface area contributed by atoms with Crippen LogP contribution in [0, 0.1) is 0 Å². The van der Waals surface area contributed by atoms with Gasteiger partial charge in [-0.15, -0.1) is 0 Å². The zero-order valence-corrected chi connectivity index (χ0v) is 22.7. The molecule has 0 aromatic heterocycles. The Hall–Kier alpha value is -4.39. The zero-order valence-electron chi connectivity index (χ0n) is 21.8. The Morgan fingerprint density at radius 2 is 1.23 bits per heavy atom. The number of hydrogen-bond acceptors (Lipinski definition) is 6. The quantitative estimate of drug-likeness (QED) is 0.169. The molecule has 4 rings (SSSR count). The van der Waals surface area contributed by atoms with Crippen molar-refractivity contribution in [3.8, 4) is 22.6 Å². The summed E-state index contributed by atoms with van der Waals surface area (Å²) in [7, 11) is -3.84. The van der Waals surface area contributed by atoms with Gasteiger partial charge in [0.1, 0.15) is 17.8 Å². The minimum Gasteiger partial charge on any atom is -0.481 e. The van der Waals surface area contributed by atoms with Crippen LogP contribution in [0.1, 0.15) is 12.0 Å². The lowest BCUT2D eigenvalue weighted by Crippen LogP contribution is -2.46. The van der Waals surface area contributed by atoms with Gasteiger partial charge in [-0.05, 0) is 47.4 Å². The molecule has 40 heavy (non-hydrogen) atoms. The summed E-state index contributed by atoms with van der Waals surface area (Å²) < 4.78 is 25.6. The predicted molar refractivity (Wildman–Crippen MR) is 154 cm³/mol. The van der Waals surface area contributed by atoms with Crippen LogP contribution in [0.3, 0.4) is 0 Å². The standard InChI is InChI=1S/C31H31N2O6P/c34-30(35)20-21-32-31(36)29(22-24-16-18-26(19-17-24)25-10-4-1-5-11-25)33-23-40(37,38-27-12-6-2-7-13-27)39-28-14-8-3-9-15-28/h1-19,29,33H,20-23H2,(H,32,36)(H,34,35)/t29-/m1/s1. The number of aliphatic carboxylic acids is 1. The zero-order chi connectivity index (χ0) is 28.2. The van der Waals surface area contributed by atoms with Crippen LogP contribution in [-0.4, -0.2) is 35.9 Å². The van der Waals surface area contributed by atoms with Gasteiger partial charge in [0.2, 0.25) is 5.91 Å². The van der Waals surface area contributed by atoms with Gasteiger partial charge in [0.05, 0.1) is 12.5 Å². The Balaban J connectivity index is 1.52. The van der Waals surface area contributed by atoms with Crippen molar-refractivity contribution in [2.75, 3.05) is 12.8 Å². The number of carboxylic acids is 1. The third kappa shape index (κ3) is 8.83. The number of hydrogen-bond donors (Lipinski definition) is 3. The summed E-state index contributed by atoms with van der Waals surface area (Å²) in [4.78, 5) is 24.1. The molecular weight excluding hydrogens is 527 g/mol. The Morgan fingerprint density at radius 3 is 1.75 bits per heavy atom. The van der Waals surface area contributed by atoms with Crippen LogP contribution in [0.4, 0.5) is 0 Å². The highest BCUT2D eigenvalue weighted by Gasteiger charge is 2.31. The lowest BCUT2D eigenvalue weighted by molar-refractivity contribution is -0.137. The van der Waals surface area contributed by atoms with Gasteiger partial charge in [0.15, 0.2) is 0 Å². The largest absolute Gasteiger partial charge is 0.481 e. The molecule has 4 aromatic rings. The van der Waals surface area contributed by atoms with E-state index < -0.39 is 25.5 Å². The third-order valence-electron chi connectivity index (χ3n) is 5.96. The van der Waals surface area contributed by atoms with E-state index in [0.29, 0.717) is 11.5 Å². The van der Waals surface area contributed by atoms with Gasteiger partial charge in [0.25, 0.3) is 0 Å². The number of carbonyl (C=O) groups excluding carboxylic acids is 1. The van der Waals surface area contributed by atoms with Gasteiger partial charge in [-0.3, -0.25) is 14.9 Å². The van der Waals surface area contributed by atoms with E-state index in [1.807, 2.05) is 66.7 Å². The van der Waals surface area contributed by atoms with Crippen LogP contribution in [-0.2, 0) is 20.6 Å². The lowest BCUT2D eigenvalue weighted by atomic mass is 10.0. The Kier molecular flexibility index (Phi) is 10.1. The third-order valence-corrected chi connectivity index (χ3v) is 7.51. The van der Waals surface area contributed by atoms with Crippen molar-refractivity contribution in [1.29, 1.82) is 0 Å². The highest BCUT2D eigenvalue weighted by Crippen LogP contribution is 2.47. The van der Waals surface area contributed by atoms with E-state index in [0.717, 1.165) is 16.7 Å². The van der Waals surface area contributed by atoms with Crippen LogP contribution < -0.4 is 19.7 Å². The van der Waals surface area contributed by atoms with Crippen molar-refractivity contribution in [3.63, 3.8) is 0 Å². The van der Waals surface area contributed by atoms with E-state index >= 15 is 0 Å². The number of benzene rings is 4.